The van der Waals surface area contributed by atoms with E-state index in [0.717, 1.165) is 0 Å². The third-order valence-corrected chi connectivity index (χ3v) is 2.88. The Balaban J connectivity index is 2.60. The van der Waals surface area contributed by atoms with Crippen LogP contribution < -0.4 is 4.74 Å². The van der Waals surface area contributed by atoms with Gasteiger partial charge in [-0.3, -0.25) is 0 Å². The average Bonchev–Trinajstić information content (AvgIpc) is 2.46. The predicted octanol–water partition coefficient (Wildman–Crippen LogP) is 2.76. The molecule has 0 aromatic heterocycles. The Kier molecular flexibility index (Phi) is 3.70. The number of benzene rings is 2. The van der Waals surface area contributed by atoms with Crippen LogP contribution in [0.3, 0.4) is 0 Å². The van der Waals surface area contributed by atoms with E-state index in [-0.39, 0.29) is 11.1 Å². The second-order valence-electron chi connectivity index (χ2n) is 4.10. The molecule has 0 atom stereocenters. The molecule has 0 radical (unpaired) electrons. The molecule has 2 aromatic rings. The number of carboxylic acid groups (broad SMARTS) is 2. The van der Waals surface area contributed by atoms with Gasteiger partial charge in [-0.25, -0.2) is 9.59 Å². The highest BCUT2D eigenvalue weighted by molar-refractivity contribution is 5.97. The van der Waals surface area contributed by atoms with Gasteiger partial charge in [0.05, 0.1) is 18.2 Å². The molecule has 5 nitrogen and oxygen atoms in total. The third-order valence-electron chi connectivity index (χ3n) is 2.88. The molecule has 0 aliphatic rings. The van der Waals surface area contributed by atoms with Gasteiger partial charge in [-0.2, -0.15) is 0 Å². The second kappa shape index (κ2) is 5.44. The molecule has 0 saturated heterocycles. The van der Waals surface area contributed by atoms with Crippen molar-refractivity contribution in [2.45, 2.75) is 0 Å². The molecule has 0 saturated carbocycles. The minimum atomic E-state index is -1.10. The van der Waals surface area contributed by atoms with Gasteiger partial charge in [0.1, 0.15) is 5.75 Å². The van der Waals surface area contributed by atoms with E-state index in [2.05, 4.69) is 0 Å². The molecule has 0 aliphatic carbocycles. The van der Waals surface area contributed by atoms with Crippen molar-refractivity contribution in [3.63, 3.8) is 0 Å². The molecule has 0 amide bonds. The summed E-state index contributed by atoms with van der Waals surface area (Å²) in [6, 6.07) is 10.8. The number of hydrogen-bond acceptors (Lipinski definition) is 3. The van der Waals surface area contributed by atoms with E-state index < -0.39 is 11.9 Å². The van der Waals surface area contributed by atoms with Crippen molar-refractivity contribution in [3.05, 3.63) is 53.6 Å². The summed E-state index contributed by atoms with van der Waals surface area (Å²) in [5.74, 6) is -1.72. The maximum absolute atomic E-state index is 11.3. The lowest BCUT2D eigenvalue weighted by Gasteiger charge is -2.09. The minimum absolute atomic E-state index is 0.0619. The van der Waals surface area contributed by atoms with Gasteiger partial charge in [-0.1, -0.05) is 12.1 Å². The van der Waals surface area contributed by atoms with Gasteiger partial charge in [0.2, 0.25) is 0 Å². The largest absolute Gasteiger partial charge is 0.497 e. The number of aromatic carboxylic acids is 2. The highest BCUT2D eigenvalue weighted by Crippen LogP contribution is 2.28. The van der Waals surface area contributed by atoms with E-state index in [1.54, 1.807) is 24.3 Å². The number of carboxylic acids is 2. The van der Waals surface area contributed by atoms with Gasteiger partial charge in [0.25, 0.3) is 0 Å². The van der Waals surface area contributed by atoms with E-state index in [1.807, 2.05) is 0 Å². The van der Waals surface area contributed by atoms with Crippen LogP contribution in [0.5, 0.6) is 5.75 Å². The molecule has 0 spiro atoms. The summed E-state index contributed by atoms with van der Waals surface area (Å²) in [7, 11) is 1.45. The van der Waals surface area contributed by atoms with Crippen molar-refractivity contribution >= 4 is 11.9 Å². The van der Waals surface area contributed by atoms with Crippen molar-refractivity contribution in [1.82, 2.24) is 0 Å². The zero-order chi connectivity index (χ0) is 14.7. The summed E-state index contributed by atoms with van der Waals surface area (Å²) >= 11 is 0. The lowest BCUT2D eigenvalue weighted by molar-refractivity contribution is 0.0687. The third kappa shape index (κ3) is 2.61. The maximum atomic E-state index is 11.3. The summed E-state index contributed by atoms with van der Waals surface area (Å²) in [6.07, 6.45) is 0. The van der Waals surface area contributed by atoms with Crippen molar-refractivity contribution in [1.29, 1.82) is 0 Å². The van der Waals surface area contributed by atoms with Crippen LogP contribution in [0.15, 0.2) is 42.5 Å². The Labute approximate surface area is 115 Å². The predicted molar refractivity (Wildman–Crippen MR) is 72.3 cm³/mol. The highest BCUT2D eigenvalue weighted by atomic mass is 16.5. The summed E-state index contributed by atoms with van der Waals surface area (Å²) in [6.45, 7) is 0. The van der Waals surface area contributed by atoms with E-state index >= 15 is 0 Å². The molecule has 20 heavy (non-hydrogen) atoms. The first-order valence-corrected chi connectivity index (χ1v) is 5.78. The normalized spacial score (nSPS) is 10.1. The second-order valence-corrected chi connectivity index (χ2v) is 4.10. The SMILES string of the molecule is COc1ccc(-c2cccc(C(=O)O)c2)c(C(=O)O)c1. The molecular formula is C15H12O5. The summed E-state index contributed by atoms with van der Waals surface area (Å²) in [5.41, 5.74) is 1.15. The van der Waals surface area contributed by atoms with Crippen LogP contribution >= 0.6 is 0 Å². The van der Waals surface area contributed by atoms with Crippen LogP contribution in [-0.2, 0) is 0 Å². The Morgan fingerprint density at radius 1 is 1.00 bits per heavy atom. The number of methoxy groups -OCH3 is 1. The number of hydrogen-bond donors (Lipinski definition) is 2. The molecule has 0 aliphatic heterocycles. The first-order valence-electron chi connectivity index (χ1n) is 5.78. The summed E-state index contributed by atoms with van der Waals surface area (Å²) < 4.78 is 5.00. The van der Waals surface area contributed by atoms with Crippen LogP contribution in [0, 0.1) is 0 Å². The molecule has 0 fully saturated rings. The first-order chi connectivity index (χ1) is 9.52. The lowest BCUT2D eigenvalue weighted by atomic mass is 9.98. The Hall–Kier alpha value is -2.82. The summed E-state index contributed by atoms with van der Waals surface area (Å²) in [4.78, 5) is 22.3. The van der Waals surface area contributed by atoms with Crippen LogP contribution in [-0.4, -0.2) is 29.3 Å². The number of ether oxygens (including phenoxy) is 1. The maximum Gasteiger partial charge on any atom is 0.336 e. The van der Waals surface area contributed by atoms with E-state index in [1.165, 1.54) is 25.3 Å². The standard InChI is InChI=1S/C15H12O5/c1-20-11-5-6-12(13(8-11)15(18)19)9-3-2-4-10(7-9)14(16)17/h2-8H,1H3,(H,16,17)(H,18,19). The summed E-state index contributed by atoms with van der Waals surface area (Å²) in [5, 5.41) is 18.2. The van der Waals surface area contributed by atoms with Crippen LogP contribution in [0.4, 0.5) is 0 Å². The fraction of sp³-hybridized carbons (Fsp3) is 0.0667. The van der Waals surface area contributed by atoms with Crippen LogP contribution in [0.1, 0.15) is 20.7 Å². The van der Waals surface area contributed by atoms with Crippen molar-refractivity contribution in [3.8, 4) is 16.9 Å². The topological polar surface area (TPSA) is 83.8 Å². The first kappa shape index (κ1) is 13.6. The lowest BCUT2D eigenvalue weighted by Crippen LogP contribution is -2.01. The van der Waals surface area contributed by atoms with E-state index in [4.69, 9.17) is 9.84 Å². The molecule has 0 heterocycles. The van der Waals surface area contributed by atoms with E-state index in [0.29, 0.717) is 16.9 Å². The molecular weight excluding hydrogens is 260 g/mol. The molecule has 0 unspecified atom stereocenters. The fourth-order valence-electron chi connectivity index (χ4n) is 1.90. The quantitative estimate of drug-likeness (QED) is 0.894. The molecule has 0 bridgehead atoms. The van der Waals surface area contributed by atoms with Gasteiger partial charge in [-0.15, -0.1) is 0 Å². The van der Waals surface area contributed by atoms with Gasteiger partial charge >= 0.3 is 11.9 Å². The van der Waals surface area contributed by atoms with Crippen molar-refractivity contribution in [2.24, 2.45) is 0 Å². The molecule has 2 N–H and O–H groups in total. The Morgan fingerprint density at radius 3 is 2.35 bits per heavy atom. The molecule has 5 heteroatoms. The van der Waals surface area contributed by atoms with Gasteiger partial charge in [-0.05, 0) is 41.5 Å². The number of rotatable bonds is 4. The van der Waals surface area contributed by atoms with Crippen LogP contribution in [0.2, 0.25) is 0 Å². The van der Waals surface area contributed by atoms with Crippen molar-refractivity contribution < 1.29 is 24.5 Å². The monoisotopic (exact) mass is 272 g/mol. The Morgan fingerprint density at radius 2 is 1.75 bits per heavy atom. The Bertz CT molecular complexity index is 676. The smallest absolute Gasteiger partial charge is 0.336 e. The van der Waals surface area contributed by atoms with Gasteiger partial charge in [0.15, 0.2) is 0 Å². The molecule has 2 aromatic carbocycles. The molecule has 102 valence electrons. The number of carbonyl (C=O) groups is 2. The van der Waals surface area contributed by atoms with E-state index in [9.17, 15) is 14.7 Å². The minimum Gasteiger partial charge on any atom is -0.497 e. The van der Waals surface area contributed by atoms with Gasteiger partial charge in [0, 0.05) is 0 Å². The zero-order valence-electron chi connectivity index (χ0n) is 10.7. The van der Waals surface area contributed by atoms with Crippen LogP contribution in [0.25, 0.3) is 11.1 Å². The molecule has 2 rings (SSSR count). The van der Waals surface area contributed by atoms with Gasteiger partial charge < -0.3 is 14.9 Å². The van der Waals surface area contributed by atoms with Crippen molar-refractivity contribution in [2.75, 3.05) is 7.11 Å². The zero-order valence-corrected chi connectivity index (χ0v) is 10.7. The average molecular weight is 272 g/mol. The highest BCUT2D eigenvalue weighted by Gasteiger charge is 2.14. The fourth-order valence-corrected chi connectivity index (χ4v) is 1.90.